The number of benzene rings is 3. The molecule has 6 heteroatoms. The van der Waals surface area contributed by atoms with Crippen molar-refractivity contribution in [3.05, 3.63) is 95.6 Å². The minimum absolute atomic E-state index is 0.00715. The van der Waals surface area contributed by atoms with Crippen LogP contribution in [-0.2, 0) is 9.59 Å². The molecular formula is C28H32N4O2. The summed E-state index contributed by atoms with van der Waals surface area (Å²) in [4.78, 5) is 30.4. The minimum Gasteiger partial charge on any atom is -0.324 e. The Morgan fingerprint density at radius 1 is 0.765 bits per heavy atom. The van der Waals surface area contributed by atoms with Crippen molar-refractivity contribution in [1.82, 2.24) is 9.80 Å². The Morgan fingerprint density at radius 3 is 1.97 bits per heavy atom. The maximum absolute atomic E-state index is 13.3. The van der Waals surface area contributed by atoms with E-state index in [2.05, 4.69) is 20.4 Å². The molecular weight excluding hydrogens is 424 g/mol. The maximum atomic E-state index is 13.3. The van der Waals surface area contributed by atoms with E-state index in [4.69, 9.17) is 0 Å². The fourth-order valence-corrected chi connectivity index (χ4v) is 4.47. The molecule has 1 heterocycles. The van der Waals surface area contributed by atoms with Gasteiger partial charge in [0, 0.05) is 37.6 Å². The highest BCUT2D eigenvalue weighted by atomic mass is 16.2. The van der Waals surface area contributed by atoms with Gasteiger partial charge in [-0.05, 0) is 42.7 Å². The average molecular weight is 457 g/mol. The van der Waals surface area contributed by atoms with E-state index in [1.807, 2.05) is 92.7 Å². The normalized spacial score (nSPS) is 15.5. The van der Waals surface area contributed by atoms with Gasteiger partial charge in [-0.1, -0.05) is 66.7 Å². The number of amides is 2. The second kappa shape index (κ2) is 11.1. The largest absolute Gasteiger partial charge is 0.324 e. The summed E-state index contributed by atoms with van der Waals surface area (Å²) in [5.41, 5.74) is 4.78. The number of carbonyl (C=O) groups is 2. The third kappa shape index (κ3) is 5.90. The molecule has 0 saturated carbocycles. The third-order valence-electron chi connectivity index (χ3n) is 6.29. The molecule has 3 aromatic carbocycles. The molecule has 1 aliphatic heterocycles. The zero-order chi connectivity index (χ0) is 23.9. The predicted octanol–water partition coefficient (Wildman–Crippen LogP) is 4.24. The van der Waals surface area contributed by atoms with Crippen molar-refractivity contribution in [2.45, 2.75) is 19.9 Å². The molecule has 1 unspecified atom stereocenters. The molecule has 176 valence electrons. The van der Waals surface area contributed by atoms with Gasteiger partial charge < -0.3 is 10.6 Å². The lowest BCUT2D eigenvalue weighted by Gasteiger charge is -2.38. The molecule has 4 rings (SSSR count). The summed E-state index contributed by atoms with van der Waals surface area (Å²) in [6, 6.07) is 25.1. The molecule has 1 saturated heterocycles. The molecule has 2 amide bonds. The number of hydrogen-bond donors (Lipinski definition) is 2. The van der Waals surface area contributed by atoms with Gasteiger partial charge in [-0.25, -0.2) is 0 Å². The maximum Gasteiger partial charge on any atom is 0.246 e. The van der Waals surface area contributed by atoms with Gasteiger partial charge >= 0.3 is 0 Å². The molecule has 0 aliphatic carbocycles. The second-order valence-corrected chi connectivity index (χ2v) is 8.80. The van der Waals surface area contributed by atoms with Crippen molar-refractivity contribution in [1.29, 1.82) is 0 Å². The molecule has 0 aromatic heterocycles. The lowest BCUT2D eigenvalue weighted by Crippen LogP contribution is -2.51. The molecule has 1 aliphatic rings. The van der Waals surface area contributed by atoms with Crippen LogP contribution in [0.1, 0.15) is 22.7 Å². The summed E-state index contributed by atoms with van der Waals surface area (Å²) in [6.45, 7) is 7.21. The Kier molecular flexibility index (Phi) is 7.72. The van der Waals surface area contributed by atoms with Crippen LogP contribution >= 0.6 is 0 Å². The molecule has 1 fully saturated rings. The summed E-state index contributed by atoms with van der Waals surface area (Å²) in [7, 11) is 0. The number of aryl methyl sites for hydroxylation is 2. The Hall–Kier alpha value is -3.48. The smallest absolute Gasteiger partial charge is 0.246 e. The third-order valence-corrected chi connectivity index (χ3v) is 6.29. The number of para-hydroxylation sites is 2. The molecule has 2 N–H and O–H groups in total. The Bertz CT molecular complexity index is 1090. The lowest BCUT2D eigenvalue weighted by molar-refractivity contribution is -0.123. The van der Waals surface area contributed by atoms with Crippen LogP contribution in [-0.4, -0.2) is 54.3 Å². The van der Waals surface area contributed by atoms with Gasteiger partial charge in [0.1, 0.15) is 6.04 Å². The van der Waals surface area contributed by atoms with Crippen molar-refractivity contribution in [2.24, 2.45) is 0 Å². The van der Waals surface area contributed by atoms with E-state index in [-0.39, 0.29) is 17.9 Å². The zero-order valence-corrected chi connectivity index (χ0v) is 19.8. The van der Waals surface area contributed by atoms with Gasteiger partial charge in [0.05, 0.1) is 6.54 Å². The first kappa shape index (κ1) is 23.7. The van der Waals surface area contributed by atoms with Crippen molar-refractivity contribution in [3.8, 4) is 0 Å². The van der Waals surface area contributed by atoms with Crippen LogP contribution in [0.25, 0.3) is 0 Å². The Labute approximate surface area is 201 Å². The van der Waals surface area contributed by atoms with Crippen LogP contribution in [0.2, 0.25) is 0 Å². The van der Waals surface area contributed by atoms with Gasteiger partial charge in [-0.2, -0.15) is 0 Å². The molecule has 3 aromatic rings. The van der Waals surface area contributed by atoms with E-state index >= 15 is 0 Å². The van der Waals surface area contributed by atoms with E-state index < -0.39 is 0 Å². The quantitative estimate of drug-likeness (QED) is 0.558. The van der Waals surface area contributed by atoms with Crippen LogP contribution in [0.3, 0.4) is 0 Å². The van der Waals surface area contributed by atoms with Crippen LogP contribution in [0.15, 0.2) is 78.9 Å². The lowest BCUT2D eigenvalue weighted by atomic mass is 10.0. The van der Waals surface area contributed by atoms with Gasteiger partial charge in [0.2, 0.25) is 11.8 Å². The topological polar surface area (TPSA) is 64.7 Å². The van der Waals surface area contributed by atoms with Gasteiger partial charge in [0.15, 0.2) is 0 Å². The van der Waals surface area contributed by atoms with E-state index in [9.17, 15) is 9.59 Å². The number of carbonyl (C=O) groups excluding carboxylic acids is 2. The summed E-state index contributed by atoms with van der Waals surface area (Å²) in [5, 5.41) is 6.13. The first-order chi connectivity index (χ1) is 16.5. The van der Waals surface area contributed by atoms with Crippen LogP contribution < -0.4 is 10.6 Å². The predicted molar refractivity (Wildman–Crippen MR) is 137 cm³/mol. The van der Waals surface area contributed by atoms with E-state index in [1.54, 1.807) is 0 Å². The summed E-state index contributed by atoms with van der Waals surface area (Å²) >= 11 is 0. The fourth-order valence-electron chi connectivity index (χ4n) is 4.47. The van der Waals surface area contributed by atoms with Crippen molar-refractivity contribution in [3.63, 3.8) is 0 Å². The number of piperazine rings is 1. The molecule has 0 radical (unpaired) electrons. The molecule has 1 atom stereocenters. The molecule has 34 heavy (non-hydrogen) atoms. The number of nitrogens with one attached hydrogen (secondary N) is 2. The summed E-state index contributed by atoms with van der Waals surface area (Å²) < 4.78 is 0. The highest BCUT2D eigenvalue weighted by Crippen LogP contribution is 2.25. The molecule has 0 spiro atoms. The monoisotopic (exact) mass is 456 g/mol. The summed E-state index contributed by atoms with van der Waals surface area (Å²) in [5.74, 6) is -0.0501. The van der Waals surface area contributed by atoms with E-state index in [0.717, 1.165) is 41.2 Å². The second-order valence-electron chi connectivity index (χ2n) is 8.80. The van der Waals surface area contributed by atoms with Crippen LogP contribution in [0.5, 0.6) is 0 Å². The standard InChI is InChI=1S/C28H32N4O2/c1-21-10-9-11-22(2)26(21)30-25(33)20-31-16-18-32(19-17-31)27(23-12-5-3-6-13-23)28(34)29-24-14-7-4-8-15-24/h3-15,27H,16-20H2,1-2H3,(H,29,34)(H,30,33). The summed E-state index contributed by atoms with van der Waals surface area (Å²) in [6.07, 6.45) is 0. The Morgan fingerprint density at radius 2 is 1.35 bits per heavy atom. The number of anilines is 2. The number of nitrogens with zero attached hydrogens (tertiary/aromatic N) is 2. The fraction of sp³-hybridized carbons (Fsp3) is 0.286. The van der Waals surface area contributed by atoms with Crippen LogP contribution in [0.4, 0.5) is 11.4 Å². The molecule has 0 bridgehead atoms. The van der Waals surface area contributed by atoms with Crippen molar-refractivity contribution >= 4 is 23.2 Å². The van der Waals surface area contributed by atoms with E-state index in [0.29, 0.717) is 19.6 Å². The number of rotatable bonds is 7. The minimum atomic E-state index is -0.382. The van der Waals surface area contributed by atoms with Crippen LogP contribution in [0, 0.1) is 13.8 Å². The highest BCUT2D eigenvalue weighted by Gasteiger charge is 2.31. The van der Waals surface area contributed by atoms with Crippen molar-refractivity contribution in [2.75, 3.05) is 43.4 Å². The Balaban J connectivity index is 1.39. The van der Waals surface area contributed by atoms with Gasteiger partial charge in [0.25, 0.3) is 0 Å². The van der Waals surface area contributed by atoms with Gasteiger partial charge in [-0.3, -0.25) is 19.4 Å². The van der Waals surface area contributed by atoms with Gasteiger partial charge in [-0.15, -0.1) is 0 Å². The SMILES string of the molecule is Cc1cccc(C)c1NC(=O)CN1CCN(C(C(=O)Nc2ccccc2)c2ccccc2)CC1. The highest BCUT2D eigenvalue weighted by molar-refractivity contribution is 5.95. The first-order valence-electron chi connectivity index (χ1n) is 11.7. The molecule has 6 nitrogen and oxygen atoms in total. The zero-order valence-electron chi connectivity index (χ0n) is 19.8. The number of hydrogen-bond acceptors (Lipinski definition) is 4. The van der Waals surface area contributed by atoms with Crippen molar-refractivity contribution < 1.29 is 9.59 Å². The van der Waals surface area contributed by atoms with E-state index in [1.165, 1.54) is 0 Å². The average Bonchev–Trinajstić information content (AvgIpc) is 2.84. The first-order valence-corrected chi connectivity index (χ1v) is 11.7.